The van der Waals surface area contributed by atoms with Gasteiger partial charge in [-0.15, -0.1) is 12.4 Å². The van der Waals surface area contributed by atoms with Crippen LogP contribution in [0.1, 0.15) is 37.7 Å². The smallest absolute Gasteiger partial charge is 0.315 e. The van der Waals surface area contributed by atoms with Crippen LogP contribution in [0.5, 0.6) is 0 Å². The second-order valence-corrected chi connectivity index (χ2v) is 4.70. The highest BCUT2D eigenvalue weighted by molar-refractivity contribution is 5.85. The number of carbonyl (C=O) groups excluding carboxylic acids is 1. The van der Waals surface area contributed by atoms with Gasteiger partial charge in [-0.2, -0.15) is 0 Å². The molecule has 0 amide bonds. The molecule has 0 radical (unpaired) electrons. The number of hydrogen-bond donors (Lipinski definition) is 1. The number of rotatable bonds is 4. The first-order valence-corrected chi connectivity index (χ1v) is 6.78. The molecule has 1 aliphatic heterocycles. The third-order valence-corrected chi connectivity index (χ3v) is 3.45. The van der Waals surface area contributed by atoms with Gasteiger partial charge in [0.15, 0.2) is 0 Å². The summed E-state index contributed by atoms with van der Waals surface area (Å²) in [6, 6.07) is 10.2. The van der Waals surface area contributed by atoms with Crippen LogP contribution in [0.15, 0.2) is 30.3 Å². The fourth-order valence-electron chi connectivity index (χ4n) is 2.59. The Bertz CT molecular complexity index is 377. The van der Waals surface area contributed by atoms with Crippen LogP contribution in [0.3, 0.4) is 0 Å². The van der Waals surface area contributed by atoms with Crippen molar-refractivity contribution < 1.29 is 9.53 Å². The molecular weight excluding hydrogens is 262 g/mol. The van der Waals surface area contributed by atoms with Gasteiger partial charge in [-0.3, -0.25) is 4.79 Å². The van der Waals surface area contributed by atoms with Crippen LogP contribution in [-0.2, 0) is 9.53 Å². The predicted molar refractivity (Wildman–Crippen MR) is 78.7 cm³/mol. The van der Waals surface area contributed by atoms with Crippen LogP contribution in [-0.4, -0.2) is 25.2 Å². The van der Waals surface area contributed by atoms with Crippen LogP contribution in [0.2, 0.25) is 0 Å². The Morgan fingerprint density at radius 3 is 2.68 bits per heavy atom. The number of piperidine rings is 1. The minimum atomic E-state index is -0.175. The Labute approximate surface area is 121 Å². The lowest BCUT2D eigenvalue weighted by Crippen LogP contribution is -2.42. The maximum absolute atomic E-state index is 12.2. The maximum Gasteiger partial charge on any atom is 0.315 e. The van der Waals surface area contributed by atoms with Gasteiger partial charge >= 0.3 is 5.97 Å². The molecular formula is C15H22ClNO2. The van der Waals surface area contributed by atoms with E-state index in [-0.39, 0.29) is 30.3 Å². The van der Waals surface area contributed by atoms with Crippen molar-refractivity contribution in [3.8, 4) is 0 Å². The molecule has 0 aliphatic carbocycles. The molecule has 0 bridgehead atoms. The fraction of sp³-hybridized carbons (Fsp3) is 0.533. The van der Waals surface area contributed by atoms with Crippen LogP contribution < -0.4 is 5.32 Å². The van der Waals surface area contributed by atoms with Crippen molar-refractivity contribution in [2.45, 2.75) is 38.1 Å². The zero-order chi connectivity index (χ0) is 12.8. The standard InChI is InChI=1S/C15H21NO2.ClH/c1-2-18-15(17)14(12-8-4-3-5-9-12)13-10-6-7-11-16-13;/h3-5,8-9,13-14,16H,2,6-7,10-11H2,1H3;1H/t13-,14-;/m0./s1. The summed E-state index contributed by atoms with van der Waals surface area (Å²) in [7, 11) is 0. The third-order valence-electron chi connectivity index (χ3n) is 3.45. The van der Waals surface area contributed by atoms with Crippen molar-refractivity contribution in [1.29, 1.82) is 0 Å². The first kappa shape index (κ1) is 16.0. The molecule has 4 heteroatoms. The lowest BCUT2D eigenvalue weighted by atomic mass is 9.86. The second-order valence-electron chi connectivity index (χ2n) is 4.70. The molecule has 0 spiro atoms. The van der Waals surface area contributed by atoms with Gasteiger partial charge in [-0.05, 0) is 31.9 Å². The first-order chi connectivity index (χ1) is 8.83. The van der Waals surface area contributed by atoms with Crippen molar-refractivity contribution in [2.75, 3.05) is 13.2 Å². The Balaban J connectivity index is 0.00000180. The Morgan fingerprint density at radius 2 is 2.11 bits per heavy atom. The van der Waals surface area contributed by atoms with E-state index in [1.165, 1.54) is 12.8 Å². The summed E-state index contributed by atoms with van der Waals surface area (Å²) in [5.74, 6) is -0.283. The number of nitrogens with one attached hydrogen (secondary N) is 1. The van der Waals surface area contributed by atoms with Gasteiger partial charge in [0.05, 0.1) is 12.5 Å². The number of carbonyl (C=O) groups is 1. The van der Waals surface area contributed by atoms with Crippen molar-refractivity contribution in [2.24, 2.45) is 0 Å². The van der Waals surface area contributed by atoms with Gasteiger partial charge in [0.25, 0.3) is 0 Å². The van der Waals surface area contributed by atoms with Gasteiger partial charge in [-0.1, -0.05) is 36.8 Å². The van der Waals surface area contributed by atoms with Gasteiger partial charge in [-0.25, -0.2) is 0 Å². The average molecular weight is 284 g/mol. The van der Waals surface area contributed by atoms with E-state index in [4.69, 9.17) is 4.74 Å². The number of hydrogen-bond acceptors (Lipinski definition) is 3. The van der Waals surface area contributed by atoms with Gasteiger partial charge in [0, 0.05) is 6.04 Å². The molecule has 1 heterocycles. The van der Waals surface area contributed by atoms with Crippen molar-refractivity contribution >= 4 is 18.4 Å². The number of esters is 1. The SMILES string of the molecule is CCOC(=O)[C@@H](c1ccccc1)[C@@H]1CCCCN1.Cl. The summed E-state index contributed by atoms with van der Waals surface area (Å²) in [5, 5.41) is 3.46. The van der Waals surface area contributed by atoms with Crippen molar-refractivity contribution in [3.05, 3.63) is 35.9 Å². The minimum absolute atomic E-state index is 0. The van der Waals surface area contributed by atoms with E-state index in [1.807, 2.05) is 37.3 Å². The summed E-state index contributed by atoms with van der Waals surface area (Å²) in [5.41, 5.74) is 1.05. The van der Waals surface area contributed by atoms with E-state index in [2.05, 4.69) is 5.32 Å². The third kappa shape index (κ3) is 4.22. The Hall–Kier alpha value is -1.06. The zero-order valence-electron chi connectivity index (χ0n) is 11.3. The monoisotopic (exact) mass is 283 g/mol. The number of benzene rings is 1. The van der Waals surface area contributed by atoms with E-state index >= 15 is 0 Å². The van der Waals surface area contributed by atoms with Gasteiger partial charge < -0.3 is 10.1 Å². The Morgan fingerprint density at radius 1 is 1.37 bits per heavy atom. The highest BCUT2D eigenvalue weighted by atomic mass is 35.5. The van der Waals surface area contributed by atoms with Gasteiger partial charge in [0.1, 0.15) is 0 Å². The minimum Gasteiger partial charge on any atom is -0.465 e. The molecule has 0 saturated carbocycles. The van der Waals surface area contributed by atoms with E-state index in [1.54, 1.807) is 0 Å². The predicted octanol–water partition coefficient (Wildman–Crippen LogP) is 2.90. The van der Waals surface area contributed by atoms with Crippen molar-refractivity contribution in [1.82, 2.24) is 5.32 Å². The van der Waals surface area contributed by atoms with E-state index in [0.29, 0.717) is 6.61 Å². The zero-order valence-corrected chi connectivity index (χ0v) is 12.1. The van der Waals surface area contributed by atoms with Gasteiger partial charge in [0.2, 0.25) is 0 Å². The highest BCUT2D eigenvalue weighted by Crippen LogP contribution is 2.26. The molecule has 1 aliphatic rings. The maximum atomic E-state index is 12.2. The Kier molecular flexibility index (Phi) is 6.89. The molecule has 1 aromatic rings. The number of ether oxygens (including phenoxy) is 1. The lowest BCUT2D eigenvalue weighted by molar-refractivity contribution is -0.145. The number of halogens is 1. The molecule has 19 heavy (non-hydrogen) atoms. The summed E-state index contributed by atoms with van der Waals surface area (Å²) in [6.07, 6.45) is 3.42. The second kappa shape index (κ2) is 8.18. The van der Waals surface area contributed by atoms with Crippen LogP contribution in [0.25, 0.3) is 0 Å². The lowest BCUT2D eigenvalue weighted by Gasteiger charge is -2.30. The van der Waals surface area contributed by atoms with E-state index in [9.17, 15) is 4.79 Å². The molecule has 1 N–H and O–H groups in total. The molecule has 2 atom stereocenters. The van der Waals surface area contributed by atoms with Crippen LogP contribution in [0, 0.1) is 0 Å². The normalized spacial score (nSPS) is 20.2. The highest BCUT2D eigenvalue weighted by Gasteiger charge is 2.31. The molecule has 2 rings (SSSR count). The van der Waals surface area contributed by atoms with E-state index < -0.39 is 0 Å². The topological polar surface area (TPSA) is 38.3 Å². The molecule has 106 valence electrons. The van der Waals surface area contributed by atoms with Crippen molar-refractivity contribution in [3.63, 3.8) is 0 Å². The summed E-state index contributed by atoms with van der Waals surface area (Å²) < 4.78 is 5.23. The summed E-state index contributed by atoms with van der Waals surface area (Å²) >= 11 is 0. The first-order valence-electron chi connectivity index (χ1n) is 6.78. The molecule has 3 nitrogen and oxygen atoms in total. The average Bonchev–Trinajstić information content (AvgIpc) is 2.42. The fourth-order valence-corrected chi connectivity index (χ4v) is 2.59. The molecule has 1 aromatic carbocycles. The van der Waals surface area contributed by atoms with Crippen LogP contribution >= 0.6 is 12.4 Å². The summed E-state index contributed by atoms with van der Waals surface area (Å²) in [4.78, 5) is 12.2. The molecule has 1 saturated heterocycles. The van der Waals surface area contributed by atoms with Crippen LogP contribution in [0.4, 0.5) is 0 Å². The largest absolute Gasteiger partial charge is 0.465 e. The van der Waals surface area contributed by atoms with E-state index in [0.717, 1.165) is 18.5 Å². The molecule has 1 fully saturated rings. The summed E-state index contributed by atoms with van der Waals surface area (Å²) in [6.45, 7) is 3.29. The molecule has 0 aromatic heterocycles. The molecule has 0 unspecified atom stereocenters. The quantitative estimate of drug-likeness (QED) is 0.864.